The topological polar surface area (TPSA) is 142 Å². The summed E-state index contributed by atoms with van der Waals surface area (Å²) in [7, 11) is 1.85. The molecule has 3 aromatic heterocycles. The van der Waals surface area contributed by atoms with Crippen LogP contribution in [0.2, 0.25) is 0 Å². The van der Waals surface area contributed by atoms with Gasteiger partial charge in [-0.15, -0.1) is 0 Å². The molecule has 0 saturated carbocycles. The lowest BCUT2D eigenvalue weighted by Gasteiger charge is -2.10. The smallest absolute Gasteiger partial charge is 0.305 e. The van der Waals surface area contributed by atoms with E-state index in [1.165, 1.54) is 24.3 Å². The van der Waals surface area contributed by atoms with Crippen molar-refractivity contribution in [3.63, 3.8) is 0 Å². The molecule has 0 aliphatic heterocycles. The molecule has 5 aromatic rings. The maximum Gasteiger partial charge on any atom is 0.305 e. The molecule has 0 amide bonds. The van der Waals surface area contributed by atoms with Gasteiger partial charge in [-0.05, 0) is 36.4 Å². The van der Waals surface area contributed by atoms with Crippen LogP contribution in [0.4, 0.5) is 21.5 Å². The van der Waals surface area contributed by atoms with E-state index in [9.17, 15) is 14.5 Å². The summed E-state index contributed by atoms with van der Waals surface area (Å²) in [4.78, 5) is 23.2. The third kappa shape index (κ3) is 2.76. The van der Waals surface area contributed by atoms with Gasteiger partial charge in [-0.1, -0.05) is 0 Å². The van der Waals surface area contributed by atoms with Gasteiger partial charge in [0, 0.05) is 47.0 Å². The molecular formula is C21H16FN7O2. The first-order valence-corrected chi connectivity index (χ1v) is 9.28. The number of aromatic amines is 1. The predicted molar refractivity (Wildman–Crippen MR) is 117 cm³/mol. The Balaban J connectivity index is 1.88. The number of aryl methyl sites for hydroxylation is 1. The van der Waals surface area contributed by atoms with E-state index < -0.39 is 4.92 Å². The highest BCUT2D eigenvalue weighted by molar-refractivity contribution is 6.03. The van der Waals surface area contributed by atoms with Crippen LogP contribution in [0, 0.1) is 15.9 Å². The first-order chi connectivity index (χ1) is 14.8. The van der Waals surface area contributed by atoms with Gasteiger partial charge in [-0.3, -0.25) is 10.1 Å². The molecule has 0 aliphatic rings. The van der Waals surface area contributed by atoms with Gasteiger partial charge in [-0.2, -0.15) is 0 Å². The van der Waals surface area contributed by atoms with Gasteiger partial charge in [0.25, 0.3) is 0 Å². The third-order valence-corrected chi connectivity index (χ3v) is 5.27. The summed E-state index contributed by atoms with van der Waals surface area (Å²) in [5, 5.41) is 13.1. The lowest BCUT2D eigenvalue weighted by atomic mass is 10.1. The minimum atomic E-state index is -0.601. The van der Waals surface area contributed by atoms with Crippen molar-refractivity contribution in [1.29, 1.82) is 0 Å². The number of nitrogens with two attached hydrogens (primary N) is 2. The second-order valence-corrected chi connectivity index (χ2v) is 7.18. The van der Waals surface area contributed by atoms with Gasteiger partial charge in [0.15, 0.2) is 5.82 Å². The largest absolute Gasteiger partial charge is 0.398 e. The van der Waals surface area contributed by atoms with E-state index in [1.807, 2.05) is 17.8 Å². The zero-order valence-corrected chi connectivity index (χ0v) is 16.3. The number of fused-ring (bicyclic) bond motifs is 2. The summed E-state index contributed by atoms with van der Waals surface area (Å²) in [5.41, 5.74) is 14.1. The van der Waals surface area contributed by atoms with Gasteiger partial charge in [0.1, 0.15) is 22.7 Å². The fraction of sp³-hybridized carbons (Fsp3) is 0.0476. The molecule has 10 heteroatoms. The zero-order chi connectivity index (χ0) is 21.9. The molecule has 2 aromatic carbocycles. The normalized spacial score (nSPS) is 11.4. The number of halogens is 1. The second-order valence-electron chi connectivity index (χ2n) is 7.18. The van der Waals surface area contributed by atoms with Gasteiger partial charge in [0.05, 0.1) is 10.6 Å². The Morgan fingerprint density at radius 3 is 2.65 bits per heavy atom. The zero-order valence-electron chi connectivity index (χ0n) is 16.3. The summed E-state index contributed by atoms with van der Waals surface area (Å²) < 4.78 is 15.9. The molecule has 0 spiro atoms. The SMILES string of the molecule is Cn1cc(-c2nc(-c3c(N)ccc(N)c3[N+](=O)[O-])nc3[nH]ccc23)c2cc(F)ccc21. The lowest BCUT2D eigenvalue weighted by Crippen LogP contribution is -2.04. The van der Waals surface area contributed by atoms with Crippen LogP contribution < -0.4 is 11.5 Å². The number of nitrogens with zero attached hydrogens (tertiary/aromatic N) is 4. The van der Waals surface area contributed by atoms with E-state index in [4.69, 9.17) is 11.5 Å². The molecular weight excluding hydrogens is 401 g/mol. The molecule has 0 unspecified atom stereocenters. The number of nitro benzene ring substituents is 1. The number of nitrogen functional groups attached to an aromatic ring is 2. The van der Waals surface area contributed by atoms with E-state index in [0.717, 1.165) is 5.52 Å². The lowest BCUT2D eigenvalue weighted by molar-refractivity contribution is -0.383. The van der Waals surface area contributed by atoms with E-state index in [-0.39, 0.29) is 34.3 Å². The Morgan fingerprint density at radius 1 is 1.10 bits per heavy atom. The van der Waals surface area contributed by atoms with Crippen molar-refractivity contribution in [3.8, 4) is 22.6 Å². The van der Waals surface area contributed by atoms with E-state index in [1.54, 1.807) is 18.3 Å². The molecule has 0 saturated heterocycles. The molecule has 0 radical (unpaired) electrons. The maximum absolute atomic E-state index is 14.0. The van der Waals surface area contributed by atoms with Crippen molar-refractivity contribution in [1.82, 2.24) is 19.5 Å². The highest BCUT2D eigenvalue weighted by Gasteiger charge is 2.26. The summed E-state index contributed by atoms with van der Waals surface area (Å²) in [5.74, 6) is -0.329. The van der Waals surface area contributed by atoms with Crippen LogP contribution in [0.1, 0.15) is 0 Å². The molecule has 5 rings (SSSR count). The van der Waals surface area contributed by atoms with Crippen LogP contribution in [0.25, 0.3) is 44.6 Å². The number of H-pyrrole nitrogens is 1. The van der Waals surface area contributed by atoms with Gasteiger partial charge < -0.3 is 21.0 Å². The number of benzene rings is 2. The fourth-order valence-electron chi connectivity index (χ4n) is 3.87. The van der Waals surface area contributed by atoms with E-state index in [2.05, 4.69) is 15.0 Å². The second kappa shape index (κ2) is 6.52. The average molecular weight is 417 g/mol. The van der Waals surface area contributed by atoms with Crippen LogP contribution in [0.5, 0.6) is 0 Å². The highest BCUT2D eigenvalue weighted by atomic mass is 19.1. The van der Waals surface area contributed by atoms with Crippen LogP contribution in [-0.2, 0) is 7.05 Å². The number of anilines is 2. The van der Waals surface area contributed by atoms with Crippen molar-refractivity contribution in [2.45, 2.75) is 0 Å². The third-order valence-electron chi connectivity index (χ3n) is 5.27. The van der Waals surface area contributed by atoms with Crippen LogP contribution in [-0.4, -0.2) is 24.4 Å². The molecule has 0 aliphatic carbocycles. The van der Waals surface area contributed by atoms with Crippen LogP contribution >= 0.6 is 0 Å². The highest BCUT2D eigenvalue weighted by Crippen LogP contribution is 2.40. The number of aromatic nitrogens is 4. The first kappa shape index (κ1) is 18.6. The van der Waals surface area contributed by atoms with Crippen LogP contribution in [0.3, 0.4) is 0 Å². The van der Waals surface area contributed by atoms with E-state index in [0.29, 0.717) is 27.7 Å². The maximum atomic E-state index is 14.0. The van der Waals surface area contributed by atoms with Gasteiger partial charge in [-0.25, -0.2) is 14.4 Å². The molecule has 9 nitrogen and oxygen atoms in total. The Labute approximate surface area is 174 Å². The van der Waals surface area contributed by atoms with Crippen molar-refractivity contribution < 1.29 is 9.31 Å². The Bertz CT molecular complexity index is 1520. The first-order valence-electron chi connectivity index (χ1n) is 9.28. The number of nitro groups is 1. The van der Waals surface area contributed by atoms with Gasteiger partial charge >= 0.3 is 5.69 Å². The number of hydrogen-bond acceptors (Lipinski definition) is 6. The summed E-state index contributed by atoms with van der Waals surface area (Å²) in [6.07, 6.45) is 3.52. The number of nitrogens with one attached hydrogen (secondary N) is 1. The number of hydrogen-bond donors (Lipinski definition) is 3. The minimum Gasteiger partial charge on any atom is -0.398 e. The molecule has 0 bridgehead atoms. The molecule has 0 atom stereocenters. The van der Waals surface area contributed by atoms with E-state index >= 15 is 0 Å². The summed E-state index contributed by atoms with van der Waals surface area (Å²) in [6.45, 7) is 0. The Kier molecular flexibility index (Phi) is 3.90. The molecule has 154 valence electrons. The monoisotopic (exact) mass is 417 g/mol. The summed E-state index contributed by atoms with van der Waals surface area (Å²) in [6, 6.07) is 9.16. The molecule has 0 fully saturated rings. The Morgan fingerprint density at radius 2 is 1.87 bits per heavy atom. The van der Waals surface area contributed by atoms with Crippen molar-refractivity contribution >= 4 is 39.0 Å². The fourth-order valence-corrected chi connectivity index (χ4v) is 3.87. The number of rotatable bonds is 3. The van der Waals surface area contributed by atoms with Crippen molar-refractivity contribution in [2.75, 3.05) is 11.5 Å². The minimum absolute atomic E-state index is 0.0363. The van der Waals surface area contributed by atoms with Crippen LogP contribution in [0.15, 0.2) is 48.8 Å². The van der Waals surface area contributed by atoms with Crippen molar-refractivity contribution in [3.05, 3.63) is 64.7 Å². The Hall–Kier alpha value is -4.47. The predicted octanol–water partition coefficient (Wildman–Crippen LogP) is 4.00. The molecule has 31 heavy (non-hydrogen) atoms. The average Bonchev–Trinajstić information content (AvgIpc) is 3.32. The molecule has 3 heterocycles. The quantitative estimate of drug-likeness (QED) is 0.230. The summed E-state index contributed by atoms with van der Waals surface area (Å²) >= 11 is 0. The van der Waals surface area contributed by atoms with Crippen molar-refractivity contribution in [2.24, 2.45) is 7.05 Å². The molecule has 5 N–H and O–H groups in total. The standard InChI is InChI=1S/C21H16FN7O2/c1-28-9-13(12-8-10(22)2-5-16(12)28)18-11-6-7-25-20(11)27-21(26-18)17-14(23)3-4-15(24)19(17)29(30)31/h2-9H,23-24H2,1H3,(H,25,26,27). The van der Waals surface area contributed by atoms with Gasteiger partial charge in [0.2, 0.25) is 0 Å².